The van der Waals surface area contributed by atoms with E-state index < -0.39 is 0 Å². The molecule has 0 N–H and O–H groups in total. The molecule has 22 heavy (non-hydrogen) atoms. The van der Waals surface area contributed by atoms with Gasteiger partial charge in [-0.2, -0.15) is 0 Å². The topological polar surface area (TPSA) is 28.6 Å². The molecule has 3 heterocycles. The molecular weight excluding hydrogens is 274 g/mol. The second-order valence-corrected chi connectivity index (χ2v) is 7.96. The summed E-state index contributed by atoms with van der Waals surface area (Å²) in [5.41, 5.74) is 1.58. The number of nitrogens with zero attached hydrogens (tertiary/aromatic N) is 3. The molecule has 4 heteroatoms. The van der Waals surface area contributed by atoms with Gasteiger partial charge in [-0.3, -0.25) is 9.80 Å². The quantitative estimate of drug-likeness (QED) is 0.855. The number of pyridine rings is 1. The van der Waals surface area contributed by atoms with Crippen molar-refractivity contribution >= 4 is 0 Å². The van der Waals surface area contributed by atoms with E-state index in [1.165, 1.54) is 25.1 Å². The molecule has 2 bridgehead atoms. The van der Waals surface area contributed by atoms with Gasteiger partial charge in [-0.1, -0.05) is 6.07 Å². The van der Waals surface area contributed by atoms with Crippen molar-refractivity contribution < 1.29 is 4.74 Å². The van der Waals surface area contributed by atoms with E-state index in [1.54, 1.807) is 0 Å². The maximum Gasteiger partial charge on any atom is 0.213 e. The highest BCUT2D eigenvalue weighted by Gasteiger charge is 2.46. The first-order valence-corrected chi connectivity index (χ1v) is 8.45. The van der Waals surface area contributed by atoms with Crippen molar-refractivity contribution in [1.82, 2.24) is 14.8 Å². The standard InChI is InChI=1S/C18H29N3O/c1-13(2)22-17-7-6-14(9-19-17)10-21-15-8-16(21)12-20(11-15)18(3,4)5/h6-7,9,13,15-16H,8,10-12H2,1-5H3. The molecule has 2 aliphatic heterocycles. The van der Waals surface area contributed by atoms with Crippen LogP contribution in [0.4, 0.5) is 0 Å². The first-order chi connectivity index (χ1) is 10.3. The highest BCUT2D eigenvalue weighted by Crippen LogP contribution is 2.36. The van der Waals surface area contributed by atoms with Gasteiger partial charge >= 0.3 is 0 Å². The van der Waals surface area contributed by atoms with Gasteiger partial charge in [0.25, 0.3) is 0 Å². The smallest absolute Gasteiger partial charge is 0.213 e. The van der Waals surface area contributed by atoms with E-state index in [0.717, 1.165) is 12.4 Å². The molecule has 1 aromatic rings. The van der Waals surface area contributed by atoms with Crippen LogP contribution in [-0.4, -0.2) is 51.6 Å². The minimum atomic E-state index is 0.177. The molecule has 4 nitrogen and oxygen atoms in total. The molecule has 0 radical (unpaired) electrons. The lowest BCUT2D eigenvalue weighted by molar-refractivity contribution is -0.0997. The minimum Gasteiger partial charge on any atom is -0.475 e. The molecule has 2 saturated heterocycles. The van der Waals surface area contributed by atoms with Crippen LogP contribution in [0.2, 0.25) is 0 Å². The Hall–Kier alpha value is -1.13. The van der Waals surface area contributed by atoms with Crippen LogP contribution in [0.1, 0.15) is 46.6 Å². The summed E-state index contributed by atoms with van der Waals surface area (Å²) in [6.07, 6.45) is 3.50. The van der Waals surface area contributed by atoms with E-state index in [1.807, 2.05) is 26.1 Å². The van der Waals surface area contributed by atoms with Crippen molar-refractivity contribution in [3.63, 3.8) is 0 Å². The Morgan fingerprint density at radius 2 is 1.91 bits per heavy atom. The number of piperidine rings is 1. The Morgan fingerprint density at radius 1 is 1.23 bits per heavy atom. The van der Waals surface area contributed by atoms with Crippen LogP contribution in [0, 0.1) is 0 Å². The Bertz CT molecular complexity index is 494. The Balaban J connectivity index is 1.57. The molecular formula is C18H29N3O. The van der Waals surface area contributed by atoms with Gasteiger partial charge in [-0.15, -0.1) is 0 Å². The second kappa shape index (κ2) is 5.82. The van der Waals surface area contributed by atoms with Gasteiger partial charge in [-0.05, 0) is 46.6 Å². The Labute approximate surface area is 134 Å². The van der Waals surface area contributed by atoms with Gasteiger partial charge < -0.3 is 4.74 Å². The SMILES string of the molecule is CC(C)Oc1ccc(CN2C3CC2CN(C(C)(C)C)C3)cn1. The summed E-state index contributed by atoms with van der Waals surface area (Å²) in [6.45, 7) is 14.4. The van der Waals surface area contributed by atoms with E-state index in [0.29, 0.717) is 17.6 Å². The van der Waals surface area contributed by atoms with Gasteiger partial charge in [0, 0.05) is 49.5 Å². The zero-order valence-electron chi connectivity index (χ0n) is 14.5. The average Bonchev–Trinajstić information content (AvgIpc) is 2.45. The van der Waals surface area contributed by atoms with E-state index in [9.17, 15) is 0 Å². The van der Waals surface area contributed by atoms with Gasteiger partial charge in [0.05, 0.1) is 6.10 Å². The summed E-state index contributed by atoms with van der Waals surface area (Å²) < 4.78 is 5.61. The summed E-state index contributed by atoms with van der Waals surface area (Å²) in [4.78, 5) is 9.69. The van der Waals surface area contributed by atoms with E-state index in [2.05, 4.69) is 41.6 Å². The molecule has 0 amide bonds. The van der Waals surface area contributed by atoms with Crippen molar-refractivity contribution in [2.45, 2.75) is 71.3 Å². The zero-order chi connectivity index (χ0) is 15.9. The maximum atomic E-state index is 5.61. The highest BCUT2D eigenvalue weighted by molar-refractivity contribution is 5.19. The lowest BCUT2D eigenvalue weighted by Crippen LogP contribution is -2.70. The van der Waals surface area contributed by atoms with E-state index in [-0.39, 0.29) is 6.10 Å². The van der Waals surface area contributed by atoms with Crippen LogP contribution in [0.25, 0.3) is 0 Å². The molecule has 0 aliphatic carbocycles. The third-order valence-corrected chi connectivity index (χ3v) is 4.81. The molecule has 0 spiro atoms. The molecule has 2 aliphatic rings. The number of fused-ring (bicyclic) bond motifs is 2. The first-order valence-electron chi connectivity index (χ1n) is 8.45. The molecule has 2 fully saturated rings. The third-order valence-electron chi connectivity index (χ3n) is 4.81. The largest absolute Gasteiger partial charge is 0.475 e. The minimum absolute atomic E-state index is 0.177. The van der Waals surface area contributed by atoms with Crippen LogP contribution in [0.15, 0.2) is 18.3 Å². The Morgan fingerprint density at radius 3 is 2.41 bits per heavy atom. The lowest BCUT2D eigenvalue weighted by atomic mass is 9.84. The zero-order valence-corrected chi connectivity index (χ0v) is 14.5. The number of ether oxygens (including phenoxy) is 1. The van der Waals surface area contributed by atoms with Gasteiger partial charge in [0.15, 0.2) is 0 Å². The average molecular weight is 303 g/mol. The number of rotatable bonds is 4. The summed E-state index contributed by atoms with van der Waals surface area (Å²) in [5, 5.41) is 0. The number of piperazine rings is 1. The number of hydrogen-bond acceptors (Lipinski definition) is 4. The van der Waals surface area contributed by atoms with Gasteiger partial charge in [0.1, 0.15) is 0 Å². The number of likely N-dealkylation sites (tertiary alicyclic amines) is 2. The molecule has 3 rings (SSSR count). The first kappa shape index (κ1) is 15.8. The van der Waals surface area contributed by atoms with Crippen molar-refractivity contribution in [1.29, 1.82) is 0 Å². The predicted molar refractivity (Wildman–Crippen MR) is 89.1 cm³/mol. The lowest BCUT2D eigenvalue weighted by Gasteiger charge is -2.59. The van der Waals surface area contributed by atoms with Crippen molar-refractivity contribution in [3.8, 4) is 5.88 Å². The normalized spacial score (nSPS) is 26.1. The molecule has 2 unspecified atom stereocenters. The van der Waals surface area contributed by atoms with Crippen LogP contribution in [0.5, 0.6) is 5.88 Å². The van der Waals surface area contributed by atoms with E-state index >= 15 is 0 Å². The number of hydrogen-bond donors (Lipinski definition) is 0. The molecule has 122 valence electrons. The van der Waals surface area contributed by atoms with Crippen LogP contribution in [-0.2, 0) is 6.54 Å². The van der Waals surface area contributed by atoms with Gasteiger partial charge in [-0.25, -0.2) is 4.98 Å². The summed E-state index contributed by atoms with van der Waals surface area (Å²) in [7, 11) is 0. The van der Waals surface area contributed by atoms with E-state index in [4.69, 9.17) is 4.74 Å². The van der Waals surface area contributed by atoms with Crippen LogP contribution >= 0.6 is 0 Å². The van der Waals surface area contributed by atoms with Crippen molar-refractivity contribution in [3.05, 3.63) is 23.9 Å². The summed E-state index contributed by atoms with van der Waals surface area (Å²) >= 11 is 0. The maximum absolute atomic E-state index is 5.61. The molecule has 0 aromatic carbocycles. The highest BCUT2D eigenvalue weighted by atomic mass is 16.5. The molecule has 1 aromatic heterocycles. The predicted octanol–water partition coefficient (Wildman–Crippen LogP) is 2.93. The fourth-order valence-corrected chi connectivity index (χ4v) is 3.52. The van der Waals surface area contributed by atoms with Gasteiger partial charge in [0.2, 0.25) is 5.88 Å². The number of aromatic nitrogens is 1. The monoisotopic (exact) mass is 303 g/mol. The third kappa shape index (κ3) is 3.28. The Kier molecular flexibility index (Phi) is 4.17. The van der Waals surface area contributed by atoms with Crippen molar-refractivity contribution in [2.24, 2.45) is 0 Å². The summed E-state index contributed by atoms with van der Waals surface area (Å²) in [5.74, 6) is 0.724. The second-order valence-electron chi connectivity index (χ2n) is 7.96. The molecule has 0 saturated carbocycles. The van der Waals surface area contributed by atoms with Crippen LogP contribution < -0.4 is 4.74 Å². The molecule has 2 atom stereocenters. The van der Waals surface area contributed by atoms with Crippen LogP contribution in [0.3, 0.4) is 0 Å². The van der Waals surface area contributed by atoms with Crippen molar-refractivity contribution in [2.75, 3.05) is 13.1 Å². The summed E-state index contributed by atoms with van der Waals surface area (Å²) in [6, 6.07) is 5.57. The fraction of sp³-hybridized carbons (Fsp3) is 0.722. The fourth-order valence-electron chi connectivity index (χ4n) is 3.52.